The van der Waals surface area contributed by atoms with Crippen LogP contribution in [0.2, 0.25) is 0 Å². The molecule has 1 aromatic carbocycles. The smallest absolute Gasteiger partial charge is 0.242 e. The molecule has 0 aromatic heterocycles. The fraction of sp³-hybridized carbons (Fsp3) is 0.500. The number of anilines is 1. The quantitative estimate of drug-likeness (QED) is 0.329. The zero-order chi connectivity index (χ0) is 15.9. The maximum atomic E-state index is 11.8. The van der Waals surface area contributed by atoms with Gasteiger partial charge in [0.05, 0.1) is 0 Å². The summed E-state index contributed by atoms with van der Waals surface area (Å²) < 4.78 is 0. The molecule has 3 N–H and O–H groups in total. The van der Waals surface area contributed by atoms with E-state index in [0.29, 0.717) is 19.5 Å². The second kappa shape index (κ2) is 7.52. The van der Waals surface area contributed by atoms with Gasteiger partial charge in [-0.05, 0) is 43.1 Å². The molecule has 0 bridgehead atoms. The number of carbonyl (C=O) groups is 1. The highest BCUT2D eigenvalue weighted by Crippen LogP contribution is 2.23. The van der Waals surface area contributed by atoms with E-state index in [-0.39, 0.29) is 0 Å². The fourth-order valence-corrected chi connectivity index (χ4v) is 1.96. The van der Waals surface area contributed by atoms with Crippen LogP contribution in [0.4, 0.5) is 5.69 Å². The predicted molar refractivity (Wildman–Crippen MR) is 83.9 cm³/mol. The summed E-state index contributed by atoms with van der Waals surface area (Å²) in [5.74, 6) is -0.441. The Morgan fingerprint density at radius 2 is 2.05 bits per heavy atom. The summed E-state index contributed by atoms with van der Waals surface area (Å²) in [4.78, 5) is 16.5. The number of rotatable bonds is 8. The van der Waals surface area contributed by atoms with Crippen molar-refractivity contribution in [1.29, 1.82) is 0 Å². The Morgan fingerprint density at radius 1 is 1.43 bits per heavy atom. The monoisotopic (exact) mass is 290 g/mol. The molecule has 0 saturated carbocycles. The molecule has 0 heterocycles. The number of carbonyl (C=O) groups excluding carboxylic acids is 1. The van der Waals surface area contributed by atoms with E-state index in [2.05, 4.69) is 15.3 Å². The van der Waals surface area contributed by atoms with E-state index in [1.54, 1.807) is 6.92 Å². The van der Waals surface area contributed by atoms with Crippen molar-refractivity contribution < 1.29 is 4.79 Å². The van der Waals surface area contributed by atoms with Gasteiger partial charge in [0, 0.05) is 31.2 Å². The molecule has 0 spiro atoms. The van der Waals surface area contributed by atoms with Crippen molar-refractivity contribution >= 4 is 11.6 Å². The molecule has 0 aliphatic carbocycles. The normalized spacial score (nSPS) is 13.1. The van der Waals surface area contributed by atoms with Gasteiger partial charge >= 0.3 is 0 Å². The van der Waals surface area contributed by atoms with E-state index >= 15 is 0 Å². The number of nitrogens with zero attached hydrogens (tertiary/aromatic N) is 4. The lowest BCUT2D eigenvalue weighted by Crippen LogP contribution is -2.50. The topological polar surface area (TPSA) is 107 Å². The molecular formula is C14H22N6O. The first kappa shape index (κ1) is 16.8. The molecule has 0 saturated heterocycles. The van der Waals surface area contributed by atoms with E-state index in [0.717, 1.165) is 11.3 Å². The van der Waals surface area contributed by atoms with Gasteiger partial charge in [-0.2, -0.15) is 0 Å². The van der Waals surface area contributed by atoms with Gasteiger partial charge in [0.2, 0.25) is 5.91 Å². The van der Waals surface area contributed by atoms with Crippen LogP contribution in [0.5, 0.6) is 0 Å². The minimum Gasteiger partial charge on any atom is -0.378 e. The molecule has 0 aliphatic rings. The van der Waals surface area contributed by atoms with Crippen LogP contribution >= 0.6 is 0 Å². The second-order valence-electron chi connectivity index (χ2n) is 5.17. The Morgan fingerprint density at radius 3 is 2.52 bits per heavy atom. The van der Waals surface area contributed by atoms with Crippen LogP contribution < -0.4 is 16.0 Å². The van der Waals surface area contributed by atoms with Crippen molar-refractivity contribution in [2.24, 2.45) is 10.8 Å². The average Bonchev–Trinajstić information content (AvgIpc) is 2.46. The molecule has 1 amide bonds. The van der Waals surface area contributed by atoms with Gasteiger partial charge in [0.25, 0.3) is 0 Å². The lowest BCUT2D eigenvalue weighted by Gasteiger charge is -2.28. The van der Waals surface area contributed by atoms with Crippen molar-refractivity contribution in [3.05, 3.63) is 40.3 Å². The second-order valence-corrected chi connectivity index (χ2v) is 5.17. The molecule has 1 aromatic rings. The summed E-state index contributed by atoms with van der Waals surface area (Å²) in [6.45, 7) is 2.68. The lowest BCUT2D eigenvalue weighted by molar-refractivity contribution is -0.124. The molecule has 0 aliphatic heterocycles. The molecule has 0 fully saturated rings. The molecule has 7 nitrogen and oxygen atoms in total. The summed E-state index contributed by atoms with van der Waals surface area (Å²) in [7, 11) is 3.91. The van der Waals surface area contributed by atoms with Crippen molar-refractivity contribution in [2.45, 2.75) is 18.9 Å². The van der Waals surface area contributed by atoms with Gasteiger partial charge in [-0.15, -0.1) is 0 Å². The third-order valence-corrected chi connectivity index (χ3v) is 3.43. The molecule has 114 valence electrons. The van der Waals surface area contributed by atoms with E-state index < -0.39 is 11.4 Å². The molecule has 1 atom stereocenters. The van der Waals surface area contributed by atoms with Crippen molar-refractivity contribution in [2.75, 3.05) is 32.1 Å². The van der Waals surface area contributed by atoms with Crippen molar-refractivity contribution in [1.82, 2.24) is 5.32 Å². The Balaban J connectivity index is 2.83. The van der Waals surface area contributed by atoms with Crippen LogP contribution in [-0.4, -0.2) is 33.1 Å². The van der Waals surface area contributed by atoms with Gasteiger partial charge < -0.3 is 10.6 Å². The number of benzene rings is 1. The summed E-state index contributed by atoms with van der Waals surface area (Å²) in [6.07, 6.45) is 0.642. The van der Waals surface area contributed by atoms with Crippen LogP contribution in [0.25, 0.3) is 10.4 Å². The predicted octanol–water partition coefficient (Wildman–Crippen LogP) is 1.74. The number of nitrogens with one attached hydrogen (secondary N) is 1. The molecule has 1 unspecified atom stereocenters. The third kappa shape index (κ3) is 4.37. The van der Waals surface area contributed by atoms with Crippen LogP contribution in [0.1, 0.15) is 18.9 Å². The number of hydrogen-bond acceptors (Lipinski definition) is 4. The van der Waals surface area contributed by atoms with E-state index in [1.807, 2.05) is 43.3 Å². The van der Waals surface area contributed by atoms with Gasteiger partial charge in [0.15, 0.2) is 0 Å². The van der Waals surface area contributed by atoms with Gasteiger partial charge in [-0.3, -0.25) is 10.1 Å². The summed E-state index contributed by atoms with van der Waals surface area (Å²) in [5.41, 5.74) is 14.7. The average molecular weight is 290 g/mol. The third-order valence-electron chi connectivity index (χ3n) is 3.43. The first-order valence-electron chi connectivity index (χ1n) is 6.75. The van der Waals surface area contributed by atoms with Crippen LogP contribution in [-0.2, 0) is 10.3 Å². The van der Waals surface area contributed by atoms with E-state index in [1.165, 1.54) is 0 Å². The molecule has 7 heteroatoms. The minimum atomic E-state index is -0.943. The Kier molecular flexibility index (Phi) is 6.02. The summed E-state index contributed by atoms with van der Waals surface area (Å²) in [6, 6.07) is 7.66. The van der Waals surface area contributed by atoms with Crippen molar-refractivity contribution in [3.8, 4) is 0 Å². The highest BCUT2D eigenvalue weighted by molar-refractivity contribution is 5.85. The number of nitrogens with two attached hydrogens (primary N) is 1. The lowest BCUT2D eigenvalue weighted by atomic mass is 9.91. The Bertz CT molecular complexity index is 521. The standard InChI is InChI=1S/C14H22N6O/c1-14(13(15)21,17-9-4-10-18-19-16)11-5-7-12(8-6-11)20(2)3/h5-8,17H,4,9-10H2,1-3H3,(H2,15,21). The highest BCUT2D eigenvalue weighted by Gasteiger charge is 2.32. The first-order valence-corrected chi connectivity index (χ1v) is 6.75. The molecule has 21 heavy (non-hydrogen) atoms. The number of primary amides is 1. The minimum absolute atomic E-state index is 0.387. The summed E-state index contributed by atoms with van der Waals surface area (Å²) in [5, 5.41) is 6.61. The maximum Gasteiger partial charge on any atom is 0.242 e. The van der Waals surface area contributed by atoms with Crippen LogP contribution in [0.15, 0.2) is 29.4 Å². The van der Waals surface area contributed by atoms with Gasteiger partial charge in [-0.1, -0.05) is 17.2 Å². The van der Waals surface area contributed by atoms with Crippen molar-refractivity contribution in [3.63, 3.8) is 0 Å². The zero-order valence-electron chi connectivity index (χ0n) is 12.7. The molecule has 1 rings (SSSR count). The van der Waals surface area contributed by atoms with Crippen LogP contribution in [0.3, 0.4) is 0 Å². The molecular weight excluding hydrogens is 268 g/mol. The SMILES string of the molecule is CN(C)c1ccc(C(C)(NCCCN=[N+]=[N-])C(N)=O)cc1. The number of amides is 1. The Hall–Kier alpha value is -2.24. The first-order chi connectivity index (χ1) is 9.91. The van der Waals surface area contributed by atoms with Crippen LogP contribution in [0, 0.1) is 0 Å². The summed E-state index contributed by atoms with van der Waals surface area (Å²) >= 11 is 0. The van der Waals surface area contributed by atoms with E-state index in [4.69, 9.17) is 11.3 Å². The number of hydrogen-bond donors (Lipinski definition) is 2. The largest absolute Gasteiger partial charge is 0.378 e. The van der Waals surface area contributed by atoms with E-state index in [9.17, 15) is 4.79 Å². The van der Waals surface area contributed by atoms with Gasteiger partial charge in [-0.25, -0.2) is 0 Å². The Labute approximate surface area is 124 Å². The highest BCUT2D eigenvalue weighted by atomic mass is 16.1. The van der Waals surface area contributed by atoms with Gasteiger partial charge in [0.1, 0.15) is 5.54 Å². The maximum absolute atomic E-state index is 11.8. The molecule has 0 radical (unpaired) electrons. The number of azide groups is 1. The zero-order valence-corrected chi connectivity index (χ0v) is 12.7. The fourth-order valence-electron chi connectivity index (χ4n) is 1.96.